The van der Waals surface area contributed by atoms with E-state index in [2.05, 4.69) is 5.32 Å². The molecule has 1 fully saturated rings. The quantitative estimate of drug-likeness (QED) is 0.315. The third-order valence-electron chi connectivity index (χ3n) is 6.19. The Labute approximate surface area is 216 Å². The molecule has 0 aromatic heterocycles. The van der Waals surface area contributed by atoms with Gasteiger partial charge in [0.05, 0.1) is 11.8 Å². The van der Waals surface area contributed by atoms with E-state index in [0.717, 1.165) is 0 Å². The molecule has 194 valence electrons. The van der Waals surface area contributed by atoms with E-state index < -0.39 is 34.9 Å². The average Bonchev–Trinajstić information content (AvgIpc) is 3.31. The number of aliphatic hydroxyl groups is 1. The molecule has 1 aliphatic rings. The normalized spacial score (nSPS) is 18.4. The van der Waals surface area contributed by atoms with Crippen molar-refractivity contribution in [1.29, 1.82) is 0 Å². The van der Waals surface area contributed by atoms with E-state index in [9.17, 15) is 24.6 Å². The summed E-state index contributed by atoms with van der Waals surface area (Å²) in [7, 11) is 0. The minimum absolute atomic E-state index is 0.00292. The van der Waals surface area contributed by atoms with Gasteiger partial charge in [-0.1, -0.05) is 49.4 Å². The summed E-state index contributed by atoms with van der Waals surface area (Å²) < 4.78 is 0. The monoisotopic (exact) mass is 513 g/mol. The first-order valence-electron chi connectivity index (χ1n) is 12.0. The number of carbonyl (C=O) groups is 3. The number of phenolic OH excluding ortho intramolecular Hbond substituents is 1. The summed E-state index contributed by atoms with van der Waals surface area (Å²) in [4.78, 5) is 41.7. The van der Waals surface area contributed by atoms with Gasteiger partial charge in [-0.25, -0.2) is 0 Å². The number of rotatable bonds is 8. The number of benzene rings is 2. The topological polar surface area (TPSA) is 133 Å². The smallest absolute Gasteiger partial charge is 0.271 e. The molecule has 3 rings (SSSR count). The maximum atomic E-state index is 13.8. The minimum atomic E-state index is -2.59. The number of hydrogen-bond donors (Lipinski definition) is 4. The van der Waals surface area contributed by atoms with Crippen molar-refractivity contribution in [3.05, 3.63) is 65.2 Å². The van der Waals surface area contributed by atoms with E-state index in [1.54, 1.807) is 43.3 Å². The second kappa shape index (κ2) is 11.0. The van der Waals surface area contributed by atoms with E-state index >= 15 is 0 Å². The molecular weight excluding hydrogens is 478 g/mol. The van der Waals surface area contributed by atoms with Crippen molar-refractivity contribution in [1.82, 2.24) is 10.2 Å². The van der Waals surface area contributed by atoms with Crippen molar-refractivity contribution in [2.75, 3.05) is 11.6 Å². The second-order valence-electron chi connectivity index (χ2n) is 10.1. The lowest BCUT2D eigenvalue weighted by Gasteiger charge is -2.36. The van der Waals surface area contributed by atoms with Gasteiger partial charge in [0.25, 0.3) is 5.91 Å². The Bertz CT molecular complexity index is 1110. The highest BCUT2D eigenvalue weighted by atomic mass is 32.2. The van der Waals surface area contributed by atoms with Crippen molar-refractivity contribution in [3.8, 4) is 5.75 Å². The van der Waals surface area contributed by atoms with Gasteiger partial charge in [-0.15, -0.1) is 11.8 Å². The van der Waals surface area contributed by atoms with Crippen molar-refractivity contribution in [2.24, 2.45) is 11.7 Å². The van der Waals surface area contributed by atoms with Crippen LogP contribution in [0, 0.1) is 5.92 Å². The van der Waals surface area contributed by atoms with Crippen LogP contribution in [0.3, 0.4) is 0 Å². The number of phenols is 1. The molecule has 0 spiro atoms. The van der Waals surface area contributed by atoms with Crippen LogP contribution in [0.1, 0.15) is 49.2 Å². The molecule has 0 bridgehead atoms. The number of amides is 2. The molecule has 3 atom stereocenters. The number of hydrogen-bond acceptors (Lipinski definition) is 7. The van der Waals surface area contributed by atoms with E-state index in [1.165, 1.54) is 22.7 Å². The second-order valence-corrected chi connectivity index (χ2v) is 11.1. The first-order valence-corrected chi connectivity index (χ1v) is 13.1. The summed E-state index contributed by atoms with van der Waals surface area (Å²) in [6, 6.07) is 12.8. The Balaban J connectivity index is 2.00. The van der Waals surface area contributed by atoms with Crippen LogP contribution in [0.2, 0.25) is 0 Å². The van der Waals surface area contributed by atoms with Crippen LogP contribution in [0.4, 0.5) is 0 Å². The van der Waals surface area contributed by atoms with E-state index in [-0.39, 0.29) is 29.5 Å². The number of aromatic hydroxyl groups is 1. The molecule has 0 radical (unpaired) electrons. The highest BCUT2D eigenvalue weighted by molar-refractivity contribution is 7.99. The molecule has 1 aliphatic heterocycles. The Hall–Kier alpha value is -2.88. The minimum Gasteiger partial charge on any atom is -0.508 e. The Morgan fingerprint density at radius 1 is 1.14 bits per heavy atom. The molecule has 5 N–H and O–H groups in total. The molecule has 1 heterocycles. The van der Waals surface area contributed by atoms with Crippen LogP contribution in [0.25, 0.3) is 0 Å². The van der Waals surface area contributed by atoms with Gasteiger partial charge in [0.2, 0.25) is 11.6 Å². The molecule has 2 aromatic carbocycles. The summed E-state index contributed by atoms with van der Waals surface area (Å²) in [6.45, 7) is 7.33. The van der Waals surface area contributed by atoms with Crippen LogP contribution in [-0.2, 0) is 22.4 Å². The van der Waals surface area contributed by atoms with E-state index in [4.69, 9.17) is 5.73 Å². The number of nitrogens with one attached hydrogen (secondary N) is 1. The average molecular weight is 514 g/mol. The molecule has 8 nitrogen and oxygen atoms in total. The summed E-state index contributed by atoms with van der Waals surface area (Å²) >= 11 is 1.38. The predicted molar refractivity (Wildman–Crippen MR) is 140 cm³/mol. The number of nitrogens with two attached hydrogens (primary N) is 1. The standard InChI is InChI=1S/C27H35N3O5S/c1-5-18-19(12-9-13-22(18)31)23(32)20(14-17-10-7-6-8-11-17)27(28,35)25(34)30-16-36-15-21(30)24(33)29-26(2,3)4/h6-13,20-21,31,35H,5,14-16,28H2,1-4H3,(H,29,33)/t20-,21?,27+/m1/s1. The number of carbonyl (C=O) groups excluding carboxylic acids is 3. The fourth-order valence-corrected chi connectivity index (χ4v) is 5.51. The lowest BCUT2D eigenvalue weighted by molar-refractivity contribution is -0.158. The number of nitrogens with zero attached hydrogens (tertiary/aromatic N) is 1. The van der Waals surface area contributed by atoms with Crippen molar-refractivity contribution < 1.29 is 24.6 Å². The van der Waals surface area contributed by atoms with Crippen LogP contribution < -0.4 is 11.1 Å². The van der Waals surface area contributed by atoms with Crippen LogP contribution in [0.5, 0.6) is 5.75 Å². The van der Waals surface area contributed by atoms with Crippen LogP contribution in [0.15, 0.2) is 48.5 Å². The van der Waals surface area contributed by atoms with Crippen LogP contribution in [-0.4, -0.2) is 61.6 Å². The van der Waals surface area contributed by atoms with Crippen molar-refractivity contribution in [3.63, 3.8) is 0 Å². The number of ketones is 1. The highest BCUT2D eigenvalue weighted by Gasteiger charge is 2.50. The molecule has 9 heteroatoms. The van der Waals surface area contributed by atoms with Gasteiger partial charge in [-0.2, -0.15) is 0 Å². The first kappa shape index (κ1) is 27.7. The third-order valence-corrected chi connectivity index (χ3v) is 7.20. The molecule has 0 saturated carbocycles. The fourth-order valence-electron chi connectivity index (χ4n) is 4.35. The largest absolute Gasteiger partial charge is 0.508 e. The summed E-state index contributed by atoms with van der Waals surface area (Å²) in [5, 5.41) is 24.7. The lowest BCUT2D eigenvalue weighted by atomic mass is 9.81. The number of thioether (sulfide) groups is 1. The Morgan fingerprint density at radius 2 is 1.81 bits per heavy atom. The van der Waals surface area contributed by atoms with Crippen LogP contribution >= 0.6 is 11.8 Å². The van der Waals surface area contributed by atoms with Gasteiger partial charge in [0, 0.05) is 22.4 Å². The highest BCUT2D eigenvalue weighted by Crippen LogP contribution is 2.32. The Kier molecular flexibility index (Phi) is 8.48. The van der Waals surface area contributed by atoms with E-state index in [1.807, 2.05) is 26.8 Å². The molecular formula is C27H35N3O5S. The zero-order chi connectivity index (χ0) is 26.7. The van der Waals surface area contributed by atoms with Gasteiger partial charge < -0.3 is 20.4 Å². The summed E-state index contributed by atoms with van der Waals surface area (Å²) in [6.07, 6.45) is 0.373. The zero-order valence-electron chi connectivity index (χ0n) is 21.2. The summed E-state index contributed by atoms with van der Waals surface area (Å²) in [5.74, 6) is -2.64. The zero-order valence-corrected chi connectivity index (χ0v) is 22.0. The Morgan fingerprint density at radius 3 is 2.42 bits per heavy atom. The lowest BCUT2D eigenvalue weighted by Crippen LogP contribution is -2.64. The maximum absolute atomic E-state index is 13.8. The fraction of sp³-hybridized carbons (Fsp3) is 0.444. The van der Waals surface area contributed by atoms with Gasteiger partial charge >= 0.3 is 0 Å². The first-order chi connectivity index (χ1) is 16.9. The molecule has 1 unspecified atom stereocenters. The SMILES string of the molecule is CCc1c(O)cccc1C(=O)[C@@H](Cc1ccccc1)[C@](N)(O)C(=O)N1CSCC1C(=O)NC(C)(C)C. The third kappa shape index (κ3) is 6.08. The number of Topliss-reactive ketones (excluding diaryl/α,β-unsaturated/α-hetero) is 1. The van der Waals surface area contributed by atoms with Gasteiger partial charge in [0.15, 0.2) is 5.78 Å². The molecule has 2 amide bonds. The van der Waals surface area contributed by atoms with Gasteiger partial charge in [-0.05, 0) is 45.2 Å². The predicted octanol–water partition coefficient (Wildman–Crippen LogP) is 2.46. The molecule has 36 heavy (non-hydrogen) atoms. The summed E-state index contributed by atoms with van der Waals surface area (Å²) in [5.41, 5.74) is 4.57. The molecule has 0 aliphatic carbocycles. The van der Waals surface area contributed by atoms with Crippen molar-refractivity contribution in [2.45, 2.75) is 57.8 Å². The van der Waals surface area contributed by atoms with Crippen molar-refractivity contribution >= 4 is 29.4 Å². The maximum Gasteiger partial charge on any atom is 0.271 e. The van der Waals surface area contributed by atoms with Gasteiger partial charge in [0.1, 0.15) is 11.8 Å². The van der Waals surface area contributed by atoms with Gasteiger partial charge in [-0.3, -0.25) is 20.1 Å². The molecule has 1 saturated heterocycles. The van der Waals surface area contributed by atoms with E-state index in [0.29, 0.717) is 23.3 Å². The molecule has 2 aromatic rings.